The molecule has 1 fully saturated rings. The predicted molar refractivity (Wildman–Crippen MR) is 119 cm³/mol. The second kappa shape index (κ2) is 10.4. The molecule has 0 aliphatic carbocycles. The van der Waals surface area contributed by atoms with Gasteiger partial charge in [-0.05, 0) is 61.6 Å². The Bertz CT molecular complexity index is 860. The molecular formula is C25H32N2O3. The van der Waals surface area contributed by atoms with Crippen molar-refractivity contribution in [1.82, 2.24) is 9.80 Å². The van der Waals surface area contributed by atoms with Gasteiger partial charge in [0, 0.05) is 26.2 Å². The zero-order chi connectivity index (χ0) is 21.5. The van der Waals surface area contributed by atoms with Crippen LogP contribution in [0.5, 0.6) is 0 Å². The fourth-order valence-electron chi connectivity index (χ4n) is 4.24. The number of rotatable bonds is 8. The number of carbonyl (C=O) groups excluding carboxylic acids is 1. The van der Waals surface area contributed by atoms with Gasteiger partial charge in [0.15, 0.2) is 0 Å². The van der Waals surface area contributed by atoms with Gasteiger partial charge in [0.1, 0.15) is 0 Å². The highest BCUT2D eigenvalue weighted by Crippen LogP contribution is 2.26. The van der Waals surface area contributed by atoms with E-state index in [1.807, 2.05) is 48.3 Å². The van der Waals surface area contributed by atoms with Crippen LogP contribution < -0.4 is 0 Å². The van der Waals surface area contributed by atoms with Crippen molar-refractivity contribution in [2.24, 2.45) is 5.92 Å². The molecule has 2 aromatic rings. The van der Waals surface area contributed by atoms with Crippen molar-refractivity contribution in [3.05, 3.63) is 59.7 Å². The first-order valence-electron chi connectivity index (χ1n) is 10.9. The number of carboxylic acids is 1. The van der Waals surface area contributed by atoms with Crippen molar-refractivity contribution in [1.29, 1.82) is 0 Å². The molecule has 30 heavy (non-hydrogen) atoms. The highest BCUT2D eigenvalue weighted by molar-refractivity contribution is 5.89. The van der Waals surface area contributed by atoms with Gasteiger partial charge in [-0.15, -0.1) is 0 Å². The molecule has 1 N–H and O–H groups in total. The molecule has 1 saturated heterocycles. The average molecular weight is 409 g/mol. The summed E-state index contributed by atoms with van der Waals surface area (Å²) in [6.45, 7) is 5.07. The van der Waals surface area contributed by atoms with Crippen LogP contribution in [-0.4, -0.2) is 53.5 Å². The van der Waals surface area contributed by atoms with Gasteiger partial charge in [0.05, 0.1) is 11.5 Å². The Morgan fingerprint density at radius 1 is 1.07 bits per heavy atom. The van der Waals surface area contributed by atoms with Crippen molar-refractivity contribution < 1.29 is 14.7 Å². The average Bonchev–Trinajstić information content (AvgIpc) is 2.78. The maximum Gasteiger partial charge on any atom is 0.335 e. The van der Waals surface area contributed by atoms with E-state index in [2.05, 4.69) is 11.8 Å². The van der Waals surface area contributed by atoms with E-state index >= 15 is 0 Å². The Kier molecular flexibility index (Phi) is 7.63. The summed E-state index contributed by atoms with van der Waals surface area (Å²) in [6, 6.07) is 15.3. The summed E-state index contributed by atoms with van der Waals surface area (Å²) in [7, 11) is 2.01. The molecule has 1 aliphatic rings. The summed E-state index contributed by atoms with van der Waals surface area (Å²) >= 11 is 0. The fourth-order valence-corrected chi connectivity index (χ4v) is 4.24. The summed E-state index contributed by atoms with van der Waals surface area (Å²) in [5.41, 5.74) is 3.34. The topological polar surface area (TPSA) is 60.9 Å². The van der Waals surface area contributed by atoms with Crippen LogP contribution in [0, 0.1) is 5.92 Å². The van der Waals surface area contributed by atoms with Crippen LogP contribution in [0.25, 0.3) is 11.1 Å². The van der Waals surface area contributed by atoms with Gasteiger partial charge < -0.3 is 14.9 Å². The minimum absolute atomic E-state index is 0.0315. The van der Waals surface area contributed by atoms with E-state index in [0.717, 1.165) is 49.0 Å². The lowest BCUT2D eigenvalue weighted by atomic mass is 9.96. The Morgan fingerprint density at radius 2 is 1.77 bits per heavy atom. The van der Waals surface area contributed by atoms with Crippen LogP contribution in [0.2, 0.25) is 0 Å². The number of piperidine rings is 1. The monoisotopic (exact) mass is 408 g/mol. The van der Waals surface area contributed by atoms with E-state index in [1.54, 1.807) is 12.1 Å². The molecule has 0 spiro atoms. The van der Waals surface area contributed by atoms with Crippen LogP contribution in [-0.2, 0) is 11.3 Å². The molecule has 1 amide bonds. The summed E-state index contributed by atoms with van der Waals surface area (Å²) in [4.78, 5) is 28.6. The van der Waals surface area contributed by atoms with E-state index in [1.165, 1.54) is 6.42 Å². The lowest BCUT2D eigenvalue weighted by Crippen LogP contribution is -2.42. The molecule has 160 valence electrons. The van der Waals surface area contributed by atoms with Crippen molar-refractivity contribution in [2.75, 3.05) is 26.7 Å². The standard InChI is InChI=1S/C25H32N2O3/c1-3-19(24(28)27-14-8-5-9-15-27)17-26(2)18-22-16-21(25(29)30)12-13-23(22)20-10-6-4-7-11-20/h4,6-7,10-13,16,19H,3,5,8-9,14-15,17-18H2,1-2H3,(H,29,30). The number of amides is 1. The third-order valence-corrected chi connectivity index (χ3v) is 5.92. The van der Waals surface area contributed by atoms with Crippen LogP contribution in [0.3, 0.4) is 0 Å². The molecule has 0 aromatic heterocycles. The number of benzene rings is 2. The third kappa shape index (κ3) is 5.48. The maximum atomic E-state index is 13.0. The van der Waals surface area contributed by atoms with Gasteiger partial charge in [0.2, 0.25) is 5.91 Å². The van der Waals surface area contributed by atoms with Crippen LogP contribution >= 0.6 is 0 Å². The highest BCUT2D eigenvalue weighted by atomic mass is 16.4. The van der Waals surface area contributed by atoms with Gasteiger partial charge in [-0.2, -0.15) is 0 Å². The van der Waals surface area contributed by atoms with E-state index in [-0.39, 0.29) is 17.4 Å². The summed E-state index contributed by atoms with van der Waals surface area (Å²) in [5, 5.41) is 9.44. The van der Waals surface area contributed by atoms with Gasteiger partial charge in [-0.25, -0.2) is 4.79 Å². The maximum absolute atomic E-state index is 13.0. The predicted octanol–water partition coefficient (Wildman–Crippen LogP) is 4.52. The lowest BCUT2D eigenvalue weighted by Gasteiger charge is -2.32. The molecule has 1 atom stereocenters. The van der Waals surface area contributed by atoms with Crippen molar-refractivity contribution >= 4 is 11.9 Å². The first kappa shape index (κ1) is 22.0. The third-order valence-electron chi connectivity index (χ3n) is 5.92. The van der Waals surface area contributed by atoms with Crippen LogP contribution in [0.15, 0.2) is 48.5 Å². The quantitative estimate of drug-likeness (QED) is 0.697. The molecule has 3 rings (SSSR count). The first-order valence-corrected chi connectivity index (χ1v) is 10.9. The van der Waals surface area contributed by atoms with Gasteiger partial charge in [-0.1, -0.05) is 43.3 Å². The van der Waals surface area contributed by atoms with Crippen molar-refractivity contribution in [3.8, 4) is 11.1 Å². The molecule has 2 aromatic carbocycles. The largest absolute Gasteiger partial charge is 0.478 e. The van der Waals surface area contributed by atoms with Crippen molar-refractivity contribution in [2.45, 2.75) is 39.2 Å². The summed E-state index contributed by atoms with van der Waals surface area (Å²) in [5.74, 6) is -0.701. The molecule has 0 saturated carbocycles. The normalized spacial score (nSPS) is 15.2. The number of carbonyl (C=O) groups is 2. The number of likely N-dealkylation sites (tertiary alicyclic amines) is 1. The fraction of sp³-hybridized carbons (Fsp3) is 0.440. The number of carboxylic acid groups (broad SMARTS) is 1. The van der Waals surface area contributed by atoms with E-state index in [9.17, 15) is 14.7 Å². The molecule has 1 unspecified atom stereocenters. The number of nitrogens with zero attached hydrogens (tertiary/aromatic N) is 2. The highest BCUT2D eigenvalue weighted by Gasteiger charge is 2.25. The van der Waals surface area contributed by atoms with Gasteiger partial charge in [-0.3, -0.25) is 4.79 Å². The zero-order valence-corrected chi connectivity index (χ0v) is 18.0. The molecule has 5 heteroatoms. The number of hydrogen-bond acceptors (Lipinski definition) is 3. The van der Waals surface area contributed by atoms with E-state index < -0.39 is 5.97 Å². The smallest absolute Gasteiger partial charge is 0.335 e. The SMILES string of the molecule is CCC(CN(C)Cc1cc(C(=O)O)ccc1-c1ccccc1)C(=O)N1CCCCC1. The second-order valence-electron chi connectivity index (χ2n) is 8.23. The minimum Gasteiger partial charge on any atom is -0.478 e. The Hall–Kier alpha value is -2.66. The Balaban J connectivity index is 1.77. The first-order chi connectivity index (χ1) is 14.5. The minimum atomic E-state index is -0.926. The zero-order valence-electron chi connectivity index (χ0n) is 18.0. The van der Waals surface area contributed by atoms with Crippen LogP contribution in [0.1, 0.15) is 48.5 Å². The van der Waals surface area contributed by atoms with E-state index in [4.69, 9.17) is 0 Å². The lowest BCUT2D eigenvalue weighted by molar-refractivity contribution is -0.137. The Labute approximate surface area is 179 Å². The summed E-state index contributed by atoms with van der Waals surface area (Å²) < 4.78 is 0. The molecular weight excluding hydrogens is 376 g/mol. The molecule has 0 bridgehead atoms. The molecule has 5 nitrogen and oxygen atoms in total. The van der Waals surface area contributed by atoms with Crippen molar-refractivity contribution in [3.63, 3.8) is 0 Å². The molecule has 1 aliphatic heterocycles. The second-order valence-corrected chi connectivity index (χ2v) is 8.23. The van der Waals surface area contributed by atoms with Gasteiger partial charge in [0.25, 0.3) is 0 Å². The van der Waals surface area contributed by atoms with Gasteiger partial charge >= 0.3 is 5.97 Å². The van der Waals surface area contributed by atoms with E-state index in [0.29, 0.717) is 13.1 Å². The summed E-state index contributed by atoms with van der Waals surface area (Å²) in [6.07, 6.45) is 4.21. The Morgan fingerprint density at radius 3 is 2.40 bits per heavy atom. The number of hydrogen-bond donors (Lipinski definition) is 1. The van der Waals surface area contributed by atoms with Crippen LogP contribution in [0.4, 0.5) is 0 Å². The molecule has 0 radical (unpaired) electrons. The molecule has 1 heterocycles. The number of aromatic carboxylic acids is 1.